The molecule has 0 spiro atoms. The molecule has 0 bridgehead atoms. The molecule has 7 heteroatoms. The number of hydrogen-bond acceptors (Lipinski definition) is 5. The number of sulfonamides is 1. The van der Waals surface area contributed by atoms with Crippen LogP contribution in [0.1, 0.15) is 32.6 Å². The first kappa shape index (κ1) is 11.8. The monoisotopic (exact) mass is 454 g/mol. The minimum absolute atomic E-state index is 0.0499. The summed E-state index contributed by atoms with van der Waals surface area (Å²) < 4.78 is 116. The first-order valence-electron chi connectivity index (χ1n) is 14.8. The van der Waals surface area contributed by atoms with Crippen LogP contribution in [0.2, 0.25) is 0 Å². The standard InChI is InChI=1S/C23H29N3O2S2/c1-24(2)30(27,28)18-10-11-23-21(17-18)19(20-7-4-5-9-22(20)29-23)8-6-12-26-15-13-25(3)14-16-26/h4-5,7-11,17H,6,12-16H2,1-3H3/b19-8-/i1D3,2D3,6D2,8D,12D2. The summed E-state index contributed by atoms with van der Waals surface area (Å²) in [6.07, 6.45) is -2.87. The van der Waals surface area contributed by atoms with Crippen LogP contribution >= 0.6 is 11.8 Å². The molecule has 0 amide bonds. The Morgan fingerprint density at radius 3 is 2.63 bits per heavy atom. The number of benzene rings is 2. The maximum atomic E-state index is 13.4. The van der Waals surface area contributed by atoms with Crippen LogP contribution in [-0.4, -0.2) is 76.2 Å². The number of rotatable bonds is 5. The number of hydrogen-bond donors (Lipinski definition) is 0. The Kier molecular flexibility index (Phi) is 3.49. The van der Waals surface area contributed by atoms with Gasteiger partial charge < -0.3 is 9.80 Å². The van der Waals surface area contributed by atoms with Crippen LogP contribution in [-0.2, 0) is 10.0 Å². The van der Waals surface area contributed by atoms with Gasteiger partial charge in [0.25, 0.3) is 0 Å². The van der Waals surface area contributed by atoms with E-state index in [1.807, 2.05) is 11.9 Å². The quantitative estimate of drug-likeness (QED) is 0.591. The van der Waals surface area contributed by atoms with Crippen LogP contribution in [0.15, 0.2) is 63.2 Å². The molecule has 30 heavy (non-hydrogen) atoms. The third kappa shape index (κ3) is 4.36. The van der Waals surface area contributed by atoms with Gasteiger partial charge in [0.1, 0.15) is 0 Å². The Morgan fingerprint density at radius 2 is 1.87 bits per heavy atom. The van der Waals surface area contributed by atoms with Crippen molar-refractivity contribution in [2.75, 3.05) is 53.7 Å². The van der Waals surface area contributed by atoms with Crippen molar-refractivity contribution in [3.8, 4) is 0 Å². The molecule has 2 aliphatic rings. The molecule has 0 radical (unpaired) electrons. The van der Waals surface area contributed by atoms with Crippen molar-refractivity contribution in [1.29, 1.82) is 0 Å². The van der Waals surface area contributed by atoms with E-state index in [0.29, 0.717) is 28.4 Å². The first-order chi connectivity index (χ1) is 18.7. The molecule has 0 atom stereocenters. The van der Waals surface area contributed by atoms with E-state index in [-0.39, 0.29) is 24.2 Å². The van der Waals surface area contributed by atoms with E-state index >= 15 is 0 Å². The molecule has 5 nitrogen and oxygen atoms in total. The molecular weight excluding hydrogens is 414 g/mol. The summed E-state index contributed by atoms with van der Waals surface area (Å²) in [7, 11) is -3.25. The second-order valence-electron chi connectivity index (χ2n) is 7.05. The summed E-state index contributed by atoms with van der Waals surface area (Å²) in [5.41, 5.74) is 0.351. The predicted molar refractivity (Wildman–Crippen MR) is 124 cm³/mol. The van der Waals surface area contributed by atoms with Gasteiger partial charge >= 0.3 is 0 Å². The van der Waals surface area contributed by atoms with Crippen molar-refractivity contribution in [3.05, 3.63) is 59.6 Å². The minimum atomic E-state index is -5.13. The minimum Gasteiger partial charge on any atom is -0.304 e. The van der Waals surface area contributed by atoms with Crippen molar-refractivity contribution in [2.45, 2.75) is 21.1 Å². The fraction of sp³-hybridized carbons (Fsp3) is 0.391. The van der Waals surface area contributed by atoms with Gasteiger partial charge in [0.15, 0.2) is 0 Å². The molecule has 0 aliphatic carbocycles. The van der Waals surface area contributed by atoms with Crippen LogP contribution in [0, 0.1) is 0 Å². The van der Waals surface area contributed by atoms with Gasteiger partial charge in [0, 0.05) is 70.1 Å². The molecule has 2 aromatic rings. The third-order valence-corrected chi connectivity index (χ3v) is 7.52. The normalized spacial score (nSPS) is 26.7. The lowest BCUT2D eigenvalue weighted by Gasteiger charge is -2.32. The van der Waals surface area contributed by atoms with Crippen molar-refractivity contribution in [2.24, 2.45) is 0 Å². The highest BCUT2D eigenvalue weighted by Gasteiger charge is 2.25. The lowest BCUT2D eigenvalue weighted by molar-refractivity contribution is 0.156. The van der Waals surface area contributed by atoms with Gasteiger partial charge in [0.2, 0.25) is 10.0 Å². The molecule has 4 rings (SSSR count). The predicted octanol–water partition coefficient (Wildman–Crippen LogP) is 3.47. The van der Waals surface area contributed by atoms with E-state index in [2.05, 4.69) is 0 Å². The van der Waals surface area contributed by atoms with Crippen LogP contribution < -0.4 is 0 Å². The lowest BCUT2D eigenvalue weighted by atomic mass is 9.96. The molecule has 2 aromatic carbocycles. The van der Waals surface area contributed by atoms with Gasteiger partial charge in [-0.15, -0.1) is 0 Å². The van der Waals surface area contributed by atoms with Gasteiger partial charge in [-0.1, -0.05) is 36.0 Å². The van der Waals surface area contributed by atoms with Crippen molar-refractivity contribution in [3.63, 3.8) is 0 Å². The molecule has 160 valence electrons. The lowest BCUT2D eigenvalue weighted by Crippen LogP contribution is -2.44. The third-order valence-electron chi connectivity index (χ3n) is 5.04. The molecular formula is C23H29N3O2S2. The highest BCUT2D eigenvalue weighted by Crippen LogP contribution is 2.46. The Labute approximate surface area is 199 Å². The van der Waals surface area contributed by atoms with Gasteiger partial charge in [0.05, 0.1) is 6.27 Å². The summed E-state index contributed by atoms with van der Waals surface area (Å²) in [5.74, 6) is 0. The first-order valence-corrected chi connectivity index (χ1v) is 11.6. The van der Waals surface area contributed by atoms with Gasteiger partial charge in [-0.05, 0) is 54.4 Å². The zero-order valence-corrected chi connectivity index (χ0v) is 18.0. The zero-order valence-electron chi connectivity index (χ0n) is 27.3. The van der Waals surface area contributed by atoms with Crippen molar-refractivity contribution >= 4 is 27.4 Å². The summed E-state index contributed by atoms with van der Waals surface area (Å²) >= 11 is 1.21. The highest BCUT2D eigenvalue weighted by atomic mass is 32.2. The summed E-state index contributed by atoms with van der Waals surface area (Å²) in [4.78, 5) is 3.69. The molecule has 1 fully saturated rings. The average molecular weight is 455 g/mol. The maximum Gasteiger partial charge on any atom is 0.242 e. The zero-order chi connectivity index (χ0) is 30.8. The van der Waals surface area contributed by atoms with Gasteiger partial charge in [-0.2, -0.15) is 0 Å². The van der Waals surface area contributed by atoms with E-state index in [4.69, 9.17) is 15.1 Å². The van der Waals surface area contributed by atoms with E-state index in [1.165, 1.54) is 22.7 Å². The summed E-state index contributed by atoms with van der Waals surface area (Å²) in [6, 6.07) is 9.44. The van der Waals surface area contributed by atoms with E-state index in [0.717, 1.165) is 12.1 Å². The van der Waals surface area contributed by atoms with Gasteiger partial charge in [-0.3, -0.25) is 0 Å². The van der Waals surface area contributed by atoms with E-state index in [1.54, 1.807) is 24.3 Å². The Bertz CT molecular complexity index is 1450. The van der Waals surface area contributed by atoms with Crippen LogP contribution in [0.4, 0.5) is 0 Å². The van der Waals surface area contributed by atoms with Crippen LogP contribution in [0.5, 0.6) is 0 Å². The van der Waals surface area contributed by atoms with Crippen molar-refractivity contribution < 1.29 is 23.5 Å². The topological polar surface area (TPSA) is 43.9 Å². The second kappa shape index (κ2) is 8.85. The molecule has 0 aromatic heterocycles. The summed E-state index contributed by atoms with van der Waals surface area (Å²) in [5, 5.41) is 0. The Morgan fingerprint density at radius 1 is 1.13 bits per heavy atom. The number of piperazine rings is 1. The van der Waals surface area contributed by atoms with Crippen LogP contribution in [0.25, 0.3) is 5.57 Å². The second-order valence-corrected chi connectivity index (χ2v) is 9.92. The molecule has 2 heterocycles. The van der Waals surface area contributed by atoms with Gasteiger partial charge in [-0.25, -0.2) is 12.7 Å². The largest absolute Gasteiger partial charge is 0.304 e. The fourth-order valence-corrected chi connectivity index (χ4v) is 5.10. The average Bonchev–Trinajstić information content (AvgIpc) is 2.84. The maximum absolute atomic E-state index is 13.4. The number of likely N-dealkylation sites (N-methyl/N-ethyl adjacent to an activating group) is 1. The number of nitrogens with zero attached hydrogens (tertiary/aromatic N) is 3. The van der Waals surface area contributed by atoms with E-state index in [9.17, 15) is 8.42 Å². The highest BCUT2D eigenvalue weighted by molar-refractivity contribution is 7.99. The Hall–Kier alpha value is -1.64. The van der Waals surface area contributed by atoms with E-state index < -0.39 is 52.1 Å². The number of fused-ring (bicyclic) bond motifs is 2. The molecule has 1 saturated heterocycles. The molecule has 0 saturated carbocycles. The summed E-state index contributed by atoms with van der Waals surface area (Å²) in [6.45, 7) is -8.19. The van der Waals surface area contributed by atoms with Crippen molar-refractivity contribution in [1.82, 2.24) is 14.1 Å². The molecule has 2 aliphatic heterocycles. The molecule has 0 unspecified atom stereocenters. The smallest absolute Gasteiger partial charge is 0.242 e. The Balaban J connectivity index is 1.93. The van der Waals surface area contributed by atoms with Crippen LogP contribution in [0.3, 0.4) is 0 Å². The SMILES string of the molecule is [2H]/C(=C1\c2ccccc2Sc2ccc(S(=O)(=O)N(C([2H])([2H])[2H])C([2H])([2H])[2H])cc21)C([2H])([2H])C([2H])([2H])N1CCN(C)CC1. The fourth-order valence-electron chi connectivity index (χ4n) is 3.31. The molecule has 0 N–H and O–H groups in total.